The van der Waals surface area contributed by atoms with Crippen LogP contribution in [-0.2, 0) is 11.3 Å². The molecule has 0 saturated heterocycles. The van der Waals surface area contributed by atoms with Crippen LogP contribution >= 0.6 is 0 Å². The first-order chi connectivity index (χ1) is 8.20. The van der Waals surface area contributed by atoms with Crippen molar-refractivity contribution < 1.29 is 4.74 Å². The molecule has 0 fully saturated rings. The van der Waals surface area contributed by atoms with E-state index in [0.29, 0.717) is 0 Å². The van der Waals surface area contributed by atoms with Gasteiger partial charge >= 0.3 is 0 Å². The van der Waals surface area contributed by atoms with Crippen molar-refractivity contribution in [3.8, 4) is 0 Å². The lowest BCUT2D eigenvalue weighted by atomic mass is 10.2. The van der Waals surface area contributed by atoms with E-state index in [2.05, 4.69) is 22.1 Å². The number of hydrogen-bond donors (Lipinski definition) is 1. The topological polar surface area (TPSA) is 37.4 Å². The number of nitrogens with one attached hydrogen (secondary N) is 1. The Morgan fingerprint density at radius 2 is 2.18 bits per heavy atom. The summed E-state index contributed by atoms with van der Waals surface area (Å²) in [7, 11) is 4.10. The van der Waals surface area contributed by atoms with Crippen molar-refractivity contribution in [3.05, 3.63) is 29.6 Å². The molecule has 1 N–H and O–H groups in total. The molecule has 0 aliphatic heterocycles. The van der Waals surface area contributed by atoms with Gasteiger partial charge in [0, 0.05) is 32.0 Å². The number of nitrogens with zero attached hydrogens (tertiary/aromatic N) is 2. The van der Waals surface area contributed by atoms with Crippen molar-refractivity contribution in [2.75, 3.05) is 40.4 Å². The maximum absolute atomic E-state index is 5.49. The van der Waals surface area contributed by atoms with Crippen LogP contribution in [0.4, 0.5) is 0 Å². The van der Waals surface area contributed by atoms with Gasteiger partial charge < -0.3 is 15.0 Å². The lowest BCUT2D eigenvalue weighted by Crippen LogP contribution is -2.23. The Hall–Kier alpha value is -0.970. The van der Waals surface area contributed by atoms with Crippen molar-refractivity contribution >= 4 is 0 Å². The van der Waals surface area contributed by atoms with Gasteiger partial charge in [0.2, 0.25) is 0 Å². The summed E-state index contributed by atoms with van der Waals surface area (Å²) in [5, 5.41) is 3.35. The molecule has 0 aliphatic rings. The summed E-state index contributed by atoms with van der Waals surface area (Å²) >= 11 is 0. The number of pyridine rings is 1. The second-order valence-electron chi connectivity index (χ2n) is 4.39. The zero-order valence-corrected chi connectivity index (χ0v) is 11.1. The normalized spacial score (nSPS) is 11.1. The van der Waals surface area contributed by atoms with Crippen molar-refractivity contribution in [2.45, 2.75) is 13.5 Å². The van der Waals surface area contributed by atoms with Gasteiger partial charge in [-0.1, -0.05) is 0 Å². The molecule has 0 radical (unpaired) electrons. The lowest BCUT2D eigenvalue weighted by Gasteiger charge is -2.10. The monoisotopic (exact) mass is 237 g/mol. The SMILES string of the molecule is Cc1ccncc1CNCCOCCN(C)C. The maximum atomic E-state index is 5.49. The second-order valence-corrected chi connectivity index (χ2v) is 4.39. The van der Waals surface area contributed by atoms with E-state index in [-0.39, 0.29) is 0 Å². The fraction of sp³-hybridized carbons (Fsp3) is 0.615. The molecule has 0 aromatic carbocycles. The van der Waals surface area contributed by atoms with Crippen LogP contribution in [0.25, 0.3) is 0 Å². The molecule has 0 atom stereocenters. The summed E-state index contributed by atoms with van der Waals surface area (Å²) in [5.41, 5.74) is 2.53. The highest BCUT2D eigenvalue weighted by Gasteiger charge is 1.96. The first-order valence-electron chi connectivity index (χ1n) is 6.03. The Kier molecular flexibility index (Phi) is 6.77. The summed E-state index contributed by atoms with van der Waals surface area (Å²) in [6.45, 7) is 6.36. The predicted molar refractivity (Wildman–Crippen MR) is 70.1 cm³/mol. The molecule has 0 unspecified atom stereocenters. The molecule has 0 amide bonds. The van der Waals surface area contributed by atoms with Crippen LogP contribution in [0.5, 0.6) is 0 Å². The molecule has 0 spiro atoms. The number of ether oxygens (including phenoxy) is 1. The fourth-order valence-corrected chi connectivity index (χ4v) is 1.40. The molecule has 4 heteroatoms. The third-order valence-corrected chi connectivity index (χ3v) is 2.57. The quantitative estimate of drug-likeness (QED) is 0.686. The molecule has 0 saturated carbocycles. The van der Waals surface area contributed by atoms with E-state index in [9.17, 15) is 0 Å². The van der Waals surface area contributed by atoms with Gasteiger partial charge in [-0.15, -0.1) is 0 Å². The summed E-state index contributed by atoms with van der Waals surface area (Å²) in [4.78, 5) is 6.23. The van der Waals surface area contributed by atoms with Gasteiger partial charge in [-0.05, 0) is 38.2 Å². The molecule has 0 aliphatic carbocycles. The Bertz CT molecular complexity index is 315. The third kappa shape index (κ3) is 6.36. The van der Waals surface area contributed by atoms with E-state index in [1.54, 1.807) is 0 Å². The van der Waals surface area contributed by atoms with Gasteiger partial charge in [-0.25, -0.2) is 0 Å². The number of aromatic nitrogens is 1. The van der Waals surface area contributed by atoms with E-state index in [4.69, 9.17) is 4.74 Å². The predicted octanol–water partition coefficient (Wildman–Crippen LogP) is 1.06. The molecule has 1 aromatic rings. The molecule has 96 valence electrons. The summed E-state index contributed by atoms with van der Waals surface area (Å²) in [6, 6.07) is 2.03. The van der Waals surface area contributed by atoms with Crippen molar-refractivity contribution in [1.82, 2.24) is 15.2 Å². The lowest BCUT2D eigenvalue weighted by molar-refractivity contribution is 0.119. The molecule has 17 heavy (non-hydrogen) atoms. The smallest absolute Gasteiger partial charge is 0.0593 e. The molecule has 1 rings (SSSR count). The van der Waals surface area contributed by atoms with Gasteiger partial charge in [0.05, 0.1) is 13.2 Å². The zero-order chi connectivity index (χ0) is 12.5. The molecule has 1 aromatic heterocycles. The van der Waals surface area contributed by atoms with Crippen LogP contribution in [-0.4, -0.2) is 50.3 Å². The van der Waals surface area contributed by atoms with Crippen LogP contribution in [0, 0.1) is 6.92 Å². The second kappa shape index (κ2) is 8.17. The molecular weight excluding hydrogens is 214 g/mol. The highest BCUT2D eigenvalue weighted by molar-refractivity contribution is 5.20. The zero-order valence-electron chi connectivity index (χ0n) is 11.1. The van der Waals surface area contributed by atoms with Crippen LogP contribution < -0.4 is 5.32 Å². The molecule has 1 heterocycles. The minimum absolute atomic E-state index is 0.757. The van der Waals surface area contributed by atoms with Crippen molar-refractivity contribution in [3.63, 3.8) is 0 Å². The van der Waals surface area contributed by atoms with Gasteiger partial charge in [0.15, 0.2) is 0 Å². The Balaban J connectivity index is 2.03. The van der Waals surface area contributed by atoms with E-state index in [1.807, 2.05) is 32.6 Å². The third-order valence-electron chi connectivity index (χ3n) is 2.57. The maximum Gasteiger partial charge on any atom is 0.0593 e. The minimum atomic E-state index is 0.757. The van der Waals surface area contributed by atoms with Crippen LogP contribution in [0.15, 0.2) is 18.5 Å². The Labute approximate surface area is 104 Å². The average molecular weight is 237 g/mol. The number of aryl methyl sites for hydroxylation is 1. The van der Waals surface area contributed by atoms with Crippen LogP contribution in [0.1, 0.15) is 11.1 Å². The number of hydrogen-bond acceptors (Lipinski definition) is 4. The standard InChI is InChI=1S/C13H23N3O/c1-12-4-5-14-10-13(12)11-15-6-8-17-9-7-16(2)3/h4-5,10,15H,6-9,11H2,1-3H3. The first-order valence-corrected chi connectivity index (χ1v) is 6.03. The molecule has 0 bridgehead atoms. The van der Waals surface area contributed by atoms with E-state index < -0.39 is 0 Å². The van der Waals surface area contributed by atoms with E-state index in [1.165, 1.54) is 11.1 Å². The first kappa shape index (κ1) is 14.1. The fourth-order valence-electron chi connectivity index (χ4n) is 1.40. The minimum Gasteiger partial charge on any atom is -0.379 e. The van der Waals surface area contributed by atoms with Gasteiger partial charge in [-0.3, -0.25) is 4.98 Å². The molecule has 4 nitrogen and oxygen atoms in total. The van der Waals surface area contributed by atoms with Crippen LogP contribution in [0.2, 0.25) is 0 Å². The number of rotatable bonds is 8. The average Bonchev–Trinajstić information content (AvgIpc) is 2.30. The summed E-state index contributed by atoms with van der Waals surface area (Å²) in [5.74, 6) is 0. The van der Waals surface area contributed by atoms with E-state index in [0.717, 1.165) is 32.8 Å². The molecular formula is C13H23N3O. The Morgan fingerprint density at radius 1 is 1.35 bits per heavy atom. The van der Waals surface area contributed by atoms with Gasteiger partial charge in [-0.2, -0.15) is 0 Å². The summed E-state index contributed by atoms with van der Waals surface area (Å²) in [6.07, 6.45) is 3.73. The highest BCUT2D eigenvalue weighted by atomic mass is 16.5. The van der Waals surface area contributed by atoms with Crippen molar-refractivity contribution in [1.29, 1.82) is 0 Å². The van der Waals surface area contributed by atoms with Gasteiger partial charge in [0.25, 0.3) is 0 Å². The highest BCUT2D eigenvalue weighted by Crippen LogP contribution is 2.03. The van der Waals surface area contributed by atoms with Crippen LogP contribution in [0.3, 0.4) is 0 Å². The van der Waals surface area contributed by atoms with E-state index >= 15 is 0 Å². The number of likely N-dealkylation sites (N-methyl/N-ethyl adjacent to an activating group) is 1. The van der Waals surface area contributed by atoms with Gasteiger partial charge in [0.1, 0.15) is 0 Å². The van der Waals surface area contributed by atoms with Crippen molar-refractivity contribution in [2.24, 2.45) is 0 Å². The Morgan fingerprint density at radius 3 is 2.88 bits per heavy atom. The summed E-state index contributed by atoms with van der Waals surface area (Å²) < 4.78 is 5.49. The largest absolute Gasteiger partial charge is 0.379 e.